The number of allylic oxidation sites excluding steroid dienone is 2. The average molecular weight is 337 g/mol. The van der Waals surface area contributed by atoms with Gasteiger partial charge in [-0.1, -0.05) is 63.3 Å². The van der Waals surface area contributed by atoms with Crippen molar-refractivity contribution in [2.45, 2.75) is 82.8 Å². The lowest BCUT2D eigenvalue weighted by molar-refractivity contribution is 0.0790. The lowest BCUT2D eigenvalue weighted by Crippen LogP contribution is -2.30. The number of aliphatic hydroxyl groups is 2. The molecule has 0 bridgehead atoms. The van der Waals surface area contributed by atoms with Crippen LogP contribution in [0.4, 0.5) is 0 Å². The van der Waals surface area contributed by atoms with E-state index in [2.05, 4.69) is 19.1 Å². The summed E-state index contributed by atoms with van der Waals surface area (Å²) in [5.41, 5.74) is -0.873. The summed E-state index contributed by atoms with van der Waals surface area (Å²) < 4.78 is 4.88. The van der Waals surface area contributed by atoms with E-state index in [1.165, 1.54) is 6.42 Å². The molecule has 0 spiro atoms. The third-order valence-electron chi connectivity index (χ3n) is 4.80. The molecular formula is C21H36O3. The van der Waals surface area contributed by atoms with E-state index in [1.807, 2.05) is 12.2 Å². The largest absolute Gasteiger partial charge is 0.505 e. The van der Waals surface area contributed by atoms with Gasteiger partial charge in [0.25, 0.3) is 0 Å². The molecule has 0 amide bonds. The van der Waals surface area contributed by atoms with Gasteiger partial charge in [0.15, 0.2) is 0 Å². The van der Waals surface area contributed by atoms with E-state index in [1.54, 1.807) is 19.4 Å². The van der Waals surface area contributed by atoms with E-state index < -0.39 is 11.7 Å². The van der Waals surface area contributed by atoms with Crippen LogP contribution in [0.25, 0.3) is 0 Å². The van der Waals surface area contributed by atoms with Gasteiger partial charge in [0.1, 0.15) is 5.60 Å². The zero-order valence-electron chi connectivity index (χ0n) is 15.5. The first kappa shape index (κ1) is 21.0. The van der Waals surface area contributed by atoms with E-state index in [9.17, 15) is 10.2 Å². The molecule has 3 heteroatoms. The zero-order valence-corrected chi connectivity index (χ0v) is 15.5. The van der Waals surface area contributed by atoms with Gasteiger partial charge >= 0.3 is 0 Å². The number of rotatable bonds is 13. The van der Waals surface area contributed by atoms with E-state index in [-0.39, 0.29) is 5.92 Å². The fraction of sp³-hybridized carbons (Fsp3) is 0.714. The number of hydrogen-bond acceptors (Lipinski definition) is 3. The highest BCUT2D eigenvalue weighted by Crippen LogP contribution is 2.35. The smallest absolute Gasteiger partial charge is 0.104 e. The predicted octanol–water partition coefficient (Wildman–Crippen LogP) is 4.90. The molecule has 0 aromatic heterocycles. The van der Waals surface area contributed by atoms with Gasteiger partial charge in [-0.3, -0.25) is 0 Å². The first-order valence-corrected chi connectivity index (χ1v) is 9.57. The van der Waals surface area contributed by atoms with Crippen molar-refractivity contribution in [2.24, 2.45) is 5.92 Å². The first-order valence-electron chi connectivity index (χ1n) is 9.57. The molecular weight excluding hydrogens is 300 g/mol. The Morgan fingerprint density at radius 2 is 2.08 bits per heavy atom. The van der Waals surface area contributed by atoms with Crippen molar-refractivity contribution in [3.63, 3.8) is 0 Å². The summed E-state index contributed by atoms with van der Waals surface area (Å²) in [6.45, 7) is 2.16. The van der Waals surface area contributed by atoms with Crippen LogP contribution in [-0.4, -0.2) is 29.0 Å². The predicted molar refractivity (Wildman–Crippen MR) is 101 cm³/mol. The fourth-order valence-corrected chi connectivity index (χ4v) is 3.25. The van der Waals surface area contributed by atoms with Crippen LogP contribution < -0.4 is 0 Å². The lowest BCUT2D eigenvalue weighted by Gasteiger charge is -2.26. The molecule has 1 aliphatic carbocycles. The SMILES string of the molecule is CCCCCC(O)C=CC1(O)C=CCC1CCCCCC=COC. The third-order valence-corrected chi connectivity index (χ3v) is 4.80. The molecule has 0 radical (unpaired) electrons. The van der Waals surface area contributed by atoms with Crippen molar-refractivity contribution < 1.29 is 14.9 Å². The Kier molecular flexibility index (Phi) is 10.8. The van der Waals surface area contributed by atoms with Crippen LogP contribution in [0, 0.1) is 5.92 Å². The molecule has 0 heterocycles. The maximum Gasteiger partial charge on any atom is 0.104 e. The van der Waals surface area contributed by atoms with Crippen molar-refractivity contribution in [1.82, 2.24) is 0 Å². The fourth-order valence-electron chi connectivity index (χ4n) is 3.25. The molecule has 24 heavy (non-hydrogen) atoms. The van der Waals surface area contributed by atoms with Crippen LogP contribution >= 0.6 is 0 Å². The van der Waals surface area contributed by atoms with E-state index >= 15 is 0 Å². The molecule has 3 nitrogen and oxygen atoms in total. The molecule has 0 fully saturated rings. The molecule has 1 rings (SSSR count). The highest BCUT2D eigenvalue weighted by Gasteiger charge is 2.34. The number of aliphatic hydroxyl groups excluding tert-OH is 1. The summed E-state index contributed by atoms with van der Waals surface area (Å²) in [4.78, 5) is 0. The van der Waals surface area contributed by atoms with Gasteiger partial charge in [0.2, 0.25) is 0 Å². The average Bonchev–Trinajstić information content (AvgIpc) is 2.94. The van der Waals surface area contributed by atoms with Gasteiger partial charge in [-0.05, 0) is 44.1 Å². The monoisotopic (exact) mass is 336 g/mol. The second-order valence-corrected chi connectivity index (χ2v) is 6.89. The Balaban J connectivity index is 2.31. The Morgan fingerprint density at radius 1 is 1.25 bits per heavy atom. The zero-order chi connectivity index (χ0) is 17.7. The Hall–Kier alpha value is -1.06. The normalized spacial score (nSPS) is 25.1. The lowest BCUT2D eigenvalue weighted by atomic mass is 9.85. The van der Waals surface area contributed by atoms with Crippen LogP contribution in [0.3, 0.4) is 0 Å². The second kappa shape index (κ2) is 12.3. The minimum atomic E-state index is -0.873. The van der Waals surface area contributed by atoms with E-state index in [0.29, 0.717) is 0 Å². The van der Waals surface area contributed by atoms with Gasteiger partial charge < -0.3 is 14.9 Å². The van der Waals surface area contributed by atoms with Crippen molar-refractivity contribution in [3.8, 4) is 0 Å². The summed E-state index contributed by atoms with van der Waals surface area (Å²) in [6, 6.07) is 0. The van der Waals surface area contributed by atoms with Gasteiger partial charge in [-0.15, -0.1) is 0 Å². The molecule has 0 saturated carbocycles. The molecule has 0 aromatic rings. The van der Waals surface area contributed by atoms with Crippen LogP contribution in [0.1, 0.15) is 71.1 Å². The Labute approximate surface area is 148 Å². The highest BCUT2D eigenvalue weighted by atomic mass is 16.5. The van der Waals surface area contributed by atoms with Crippen LogP contribution in [0.5, 0.6) is 0 Å². The van der Waals surface area contributed by atoms with E-state index in [0.717, 1.165) is 57.8 Å². The van der Waals surface area contributed by atoms with Crippen molar-refractivity contribution in [2.75, 3.05) is 7.11 Å². The molecule has 1 aliphatic rings. The van der Waals surface area contributed by atoms with Crippen LogP contribution in [0.2, 0.25) is 0 Å². The summed E-state index contributed by atoms with van der Waals surface area (Å²) in [5.74, 6) is 0.242. The Morgan fingerprint density at radius 3 is 2.83 bits per heavy atom. The minimum Gasteiger partial charge on any atom is -0.505 e. The second-order valence-electron chi connectivity index (χ2n) is 6.89. The van der Waals surface area contributed by atoms with Crippen LogP contribution in [-0.2, 0) is 4.74 Å². The number of ether oxygens (including phenoxy) is 1. The van der Waals surface area contributed by atoms with Crippen molar-refractivity contribution in [3.05, 3.63) is 36.6 Å². The van der Waals surface area contributed by atoms with E-state index in [4.69, 9.17) is 4.74 Å². The summed E-state index contributed by atoms with van der Waals surface area (Å²) in [6.07, 6.45) is 21.5. The highest BCUT2D eigenvalue weighted by molar-refractivity contribution is 5.22. The van der Waals surface area contributed by atoms with Gasteiger partial charge in [0, 0.05) is 0 Å². The molecule has 2 N–H and O–H groups in total. The van der Waals surface area contributed by atoms with Crippen LogP contribution in [0.15, 0.2) is 36.6 Å². The summed E-state index contributed by atoms with van der Waals surface area (Å²) in [7, 11) is 1.67. The topological polar surface area (TPSA) is 49.7 Å². The molecule has 0 saturated heterocycles. The number of methoxy groups -OCH3 is 1. The number of unbranched alkanes of at least 4 members (excludes halogenated alkanes) is 5. The van der Waals surface area contributed by atoms with Crippen molar-refractivity contribution >= 4 is 0 Å². The number of hydrogen-bond donors (Lipinski definition) is 2. The molecule has 0 aromatic carbocycles. The summed E-state index contributed by atoms with van der Waals surface area (Å²) in [5, 5.41) is 20.8. The Bertz CT molecular complexity index is 400. The summed E-state index contributed by atoms with van der Waals surface area (Å²) >= 11 is 0. The standard InChI is InChI=1S/C21H36O3/c1-3-4-8-14-20(22)15-17-21(23)16-11-13-19(21)12-9-6-5-7-10-18-24-2/h10-11,15-20,22-23H,3-9,12-14H2,1-2H3. The van der Waals surface area contributed by atoms with Gasteiger partial charge in [-0.2, -0.15) is 0 Å². The maximum atomic E-state index is 10.8. The molecule has 138 valence electrons. The molecule has 3 unspecified atom stereocenters. The first-order chi connectivity index (χ1) is 11.6. The van der Waals surface area contributed by atoms with Crippen molar-refractivity contribution in [1.29, 1.82) is 0 Å². The van der Waals surface area contributed by atoms with Gasteiger partial charge in [0.05, 0.1) is 19.5 Å². The maximum absolute atomic E-state index is 10.8. The minimum absolute atomic E-state index is 0.242. The van der Waals surface area contributed by atoms with Gasteiger partial charge in [-0.25, -0.2) is 0 Å². The molecule has 0 aliphatic heterocycles. The molecule has 3 atom stereocenters. The quantitative estimate of drug-likeness (QED) is 0.286. The third kappa shape index (κ3) is 8.16.